The number of nitrogens with one attached hydrogen (secondary N) is 1. The van der Waals surface area contributed by atoms with Crippen molar-refractivity contribution in [1.29, 1.82) is 0 Å². The molecule has 0 spiro atoms. The third-order valence-electron chi connectivity index (χ3n) is 5.36. The Morgan fingerprint density at radius 1 is 1.03 bits per heavy atom. The summed E-state index contributed by atoms with van der Waals surface area (Å²) in [5.74, 6) is 0.0788. The molecule has 0 saturated heterocycles. The summed E-state index contributed by atoms with van der Waals surface area (Å²) in [5.41, 5.74) is 1.24. The topological polar surface area (TPSA) is 127 Å². The molecule has 0 aliphatic rings. The summed E-state index contributed by atoms with van der Waals surface area (Å²) in [4.78, 5) is 24.0. The molecular weight excluding hydrogens is 450 g/mol. The predicted molar refractivity (Wildman–Crippen MR) is 129 cm³/mol. The summed E-state index contributed by atoms with van der Waals surface area (Å²) in [6.07, 6.45) is 1.24. The number of hydrogen-bond donors (Lipinski definition) is 2. The fourth-order valence-corrected chi connectivity index (χ4v) is 3.59. The number of aliphatic hydroxyl groups is 1. The molecule has 176 valence electrons. The number of hydrazone groups is 1. The van der Waals surface area contributed by atoms with Gasteiger partial charge in [-0.2, -0.15) is 5.10 Å². The Morgan fingerprint density at radius 2 is 1.66 bits per heavy atom. The normalized spacial score (nSPS) is 11.4. The molecule has 1 amide bonds. The molecule has 0 aliphatic heterocycles. The van der Waals surface area contributed by atoms with Gasteiger partial charge in [0.25, 0.3) is 11.6 Å². The zero-order valence-corrected chi connectivity index (χ0v) is 18.6. The molecule has 4 aromatic rings. The van der Waals surface area contributed by atoms with Crippen LogP contribution in [0.1, 0.15) is 16.9 Å². The molecule has 0 radical (unpaired) electrons. The van der Waals surface area contributed by atoms with Crippen molar-refractivity contribution in [3.63, 3.8) is 0 Å². The molecule has 4 rings (SSSR count). The minimum atomic E-state index is -1.97. The third-order valence-corrected chi connectivity index (χ3v) is 5.36. The smallest absolute Gasteiger partial charge is 0.284 e. The van der Waals surface area contributed by atoms with E-state index < -0.39 is 16.4 Å². The van der Waals surface area contributed by atoms with Crippen molar-refractivity contribution in [2.24, 2.45) is 5.10 Å². The molecule has 0 unspecified atom stereocenters. The lowest BCUT2D eigenvalue weighted by atomic mass is 9.85. The summed E-state index contributed by atoms with van der Waals surface area (Å²) < 4.78 is 10.7. The molecule has 0 fully saturated rings. The Bertz CT molecular complexity index is 1330. The van der Waals surface area contributed by atoms with Gasteiger partial charge in [-0.15, -0.1) is 0 Å². The van der Waals surface area contributed by atoms with Crippen LogP contribution in [0.4, 0.5) is 5.69 Å². The number of hydrogen-bond acceptors (Lipinski definition) is 7. The Morgan fingerprint density at radius 3 is 2.23 bits per heavy atom. The fourth-order valence-electron chi connectivity index (χ4n) is 3.59. The second-order valence-corrected chi connectivity index (χ2v) is 7.48. The SMILES string of the molecule is COc1ccc(-c2ccc(/C=N\NC(=O)C(O)(c3ccccc3)c3ccccc3)o2)c([N+](=O)[O-])c1. The van der Waals surface area contributed by atoms with Gasteiger partial charge >= 0.3 is 0 Å². The van der Waals surface area contributed by atoms with Gasteiger partial charge in [0.2, 0.25) is 0 Å². The molecule has 0 atom stereocenters. The minimum absolute atomic E-state index is 0.175. The van der Waals surface area contributed by atoms with Crippen LogP contribution in [0.5, 0.6) is 5.75 Å². The lowest BCUT2D eigenvalue weighted by Gasteiger charge is -2.26. The highest BCUT2D eigenvalue weighted by Crippen LogP contribution is 2.34. The Hall–Kier alpha value is -4.76. The second-order valence-electron chi connectivity index (χ2n) is 7.48. The first kappa shape index (κ1) is 23.4. The van der Waals surface area contributed by atoms with E-state index in [9.17, 15) is 20.0 Å². The highest BCUT2D eigenvalue weighted by atomic mass is 16.6. The standard InChI is InChI=1S/C26H21N3O6/c1-34-20-12-14-22(23(16-20)29(32)33)24-15-13-21(35-24)17-27-28-25(30)26(31,18-8-4-2-5-9-18)19-10-6-3-7-11-19/h2-17,31H,1H3,(H,28,30)/b27-17-. The van der Waals surface area contributed by atoms with Gasteiger partial charge in [-0.25, -0.2) is 5.43 Å². The molecule has 0 saturated carbocycles. The Balaban J connectivity index is 1.56. The van der Waals surface area contributed by atoms with Crippen LogP contribution in [-0.2, 0) is 10.4 Å². The van der Waals surface area contributed by atoms with Gasteiger partial charge in [-0.1, -0.05) is 60.7 Å². The van der Waals surface area contributed by atoms with Crippen LogP contribution < -0.4 is 10.2 Å². The third kappa shape index (κ3) is 4.80. The van der Waals surface area contributed by atoms with E-state index in [-0.39, 0.29) is 22.8 Å². The van der Waals surface area contributed by atoms with Crippen LogP contribution in [-0.4, -0.2) is 29.3 Å². The maximum Gasteiger partial charge on any atom is 0.284 e. The quantitative estimate of drug-likeness (QED) is 0.225. The number of methoxy groups -OCH3 is 1. The first-order valence-electron chi connectivity index (χ1n) is 10.5. The van der Waals surface area contributed by atoms with Crippen LogP contribution in [0.15, 0.2) is 101 Å². The molecule has 35 heavy (non-hydrogen) atoms. The number of benzene rings is 3. The highest BCUT2D eigenvalue weighted by molar-refractivity contribution is 5.91. The van der Waals surface area contributed by atoms with Gasteiger partial charge in [0, 0.05) is 0 Å². The molecule has 0 bridgehead atoms. The second kappa shape index (κ2) is 10.0. The van der Waals surface area contributed by atoms with Gasteiger partial charge < -0.3 is 14.3 Å². The van der Waals surface area contributed by atoms with Gasteiger partial charge in [0.05, 0.1) is 29.9 Å². The number of carbonyl (C=O) groups excluding carboxylic acids is 1. The number of nitro groups is 1. The molecule has 0 aliphatic carbocycles. The van der Waals surface area contributed by atoms with Gasteiger partial charge in [-0.3, -0.25) is 14.9 Å². The van der Waals surface area contributed by atoms with Gasteiger partial charge in [0.15, 0.2) is 5.60 Å². The van der Waals surface area contributed by atoms with Crippen molar-refractivity contribution in [2.45, 2.75) is 5.60 Å². The number of rotatable bonds is 8. The Kier molecular flexibility index (Phi) is 6.70. The summed E-state index contributed by atoms with van der Waals surface area (Å²) in [7, 11) is 1.42. The van der Waals surface area contributed by atoms with E-state index in [4.69, 9.17) is 9.15 Å². The van der Waals surface area contributed by atoms with Gasteiger partial charge in [-0.05, 0) is 35.4 Å². The van der Waals surface area contributed by atoms with Gasteiger partial charge in [0.1, 0.15) is 17.3 Å². The van der Waals surface area contributed by atoms with Crippen molar-refractivity contribution in [1.82, 2.24) is 5.43 Å². The monoisotopic (exact) mass is 471 g/mol. The number of carbonyl (C=O) groups is 1. The lowest BCUT2D eigenvalue weighted by Crippen LogP contribution is -2.43. The maximum absolute atomic E-state index is 13.1. The first-order chi connectivity index (χ1) is 16.9. The predicted octanol–water partition coefficient (Wildman–Crippen LogP) is 4.25. The lowest BCUT2D eigenvalue weighted by molar-refractivity contribution is -0.384. The number of nitro benzene ring substituents is 1. The molecule has 3 aromatic carbocycles. The highest BCUT2D eigenvalue weighted by Gasteiger charge is 2.39. The van der Waals surface area contributed by atoms with Crippen molar-refractivity contribution >= 4 is 17.8 Å². The summed E-state index contributed by atoms with van der Waals surface area (Å²) in [5, 5.41) is 26.8. The van der Waals surface area contributed by atoms with E-state index in [1.54, 1.807) is 78.9 Å². The van der Waals surface area contributed by atoms with Crippen molar-refractivity contribution in [3.8, 4) is 17.1 Å². The number of amides is 1. The summed E-state index contributed by atoms with van der Waals surface area (Å²) >= 11 is 0. The Labute approximate surface area is 200 Å². The minimum Gasteiger partial charge on any atom is -0.497 e. The van der Waals surface area contributed by atoms with E-state index in [0.717, 1.165) is 0 Å². The zero-order chi connectivity index (χ0) is 24.8. The fraction of sp³-hybridized carbons (Fsp3) is 0.0769. The molecule has 1 heterocycles. The molecular formula is C26H21N3O6. The molecule has 9 nitrogen and oxygen atoms in total. The van der Waals surface area contributed by atoms with E-state index in [1.807, 2.05) is 0 Å². The van der Waals surface area contributed by atoms with E-state index in [1.165, 1.54) is 25.5 Å². The molecule has 9 heteroatoms. The van der Waals surface area contributed by atoms with Crippen molar-refractivity contribution in [3.05, 3.63) is 118 Å². The zero-order valence-electron chi connectivity index (χ0n) is 18.6. The average Bonchev–Trinajstić information content (AvgIpc) is 3.37. The largest absolute Gasteiger partial charge is 0.497 e. The van der Waals surface area contributed by atoms with Crippen LogP contribution in [0.25, 0.3) is 11.3 Å². The maximum atomic E-state index is 13.1. The molecule has 2 N–H and O–H groups in total. The van der Waals surface area contributed by atoms with E-state index in [0.29, 0.717) is 16.9 Å². The number of nitrogens with zero attached hydrogens (tertiary/aromatic N) is 2. The molecule has 1 aromatic heterocycles. The van der Waals surface area contributed by atoms with Crippen molar-refractivity contribution < 1.29 is 24.0 Å². The van der Waals surface area contributed by atoms with Crippen molar-refractivity contribution in [2.75, 3.05) is 7.11 Å². The van der Waals surface area contributed by atoms with E-state index >= 15 is 0 Å². The first-order valence-corrected chi connectivity index (χ1v) is 10.5. The van der Waals surface area contributed by atoms with Crippen LogP contribution in [0.3, 0.4) is 0 Å². The van der Waals surface area contributed by atoms with Crippen LogP contribution in [0.2, 0.25) is 0 Å². The summed E-state index contributed by atoms with van der Waals surface area (Å²) in [6, 6.07) is 24.6. The number of ether oxygens (including phenoxy) is 1. The number of furan rings is 1. The average molecular weight is 471 g/mol. The van der Waals surface area contributed by atoms with E-state index in [2.05, 4.69) is 10.5 Å². The summed E-state index contributed by atoms with van der Waals surface area (Å²) in [6.45, 7) is 0. The van der Waals surface area contributed by atoms with Crippen LogP contribution in [0, 0.1) is 10.1 Å². The van der Waals surface area contributed by atoms with Crippen LogP contribution >= 0.6 is 0 Å².